The Bertz CT molecular complexity index is 793. The van der Waals surface area contributed by atoms with Gasteiger partial charge in [-0.1, -0.05) is 18.2 Å². The van der Waals surface area contributed by atoms with E-state index in [1.54, 1.807) is 0 Å². The summed E-state index contributed by atoms with van der Waals surface area (Å²) in [7, 11) is 0. The molecule has 4 rings (SSSR count). The van der Waals surface area contributed by atoms with Gasteiger partial charge in [0.1, 0.15) is 18.1 Å². The maximum Gasteiger partial charge on any atom is 0.303 e. The van der Waals surface area contributed by atoms with E-state index in [0.29, 0.717) is 6.61 Å². The standard InChI is InChI=1S/C23H26O4/c24-23(25)12-18-3-6-20-13-22(10-7-19(20)11-18)27-15-17-4-8-21(9-5-17)26-14-16-1-2-16/h4-5,7-10,13,16,18H,1-3,6,11-12,14-15H2,(H,24,25). The van der Waals surface area contributed by atoms with Crippen LogP contribution in [0.4, 0.5) is 0 Å². The topological polar surface area (TPSA) is 55.8 Å². The van der Waals surface area contributed by atoms with Gasteiger partial charge >= 0.3 is 5.97 Å². The summed E-state index contributed by atoms with van der Waals surface area (Å²) in [6.07, 6.45) is 5.57. The molecule has 0 bridgehead atoms. The molecule has 0 saturated heterocycles. The molecule has 0 aliphatic heterocycles. The Kier molecular flexibility index (Phi) is 5.33. The molecule has 4 nitrogen and oxygen atoms in total. The van der Waals surface area contributed by atoms with Gasteiger partial charge in [-0.15, -0.1) is 0 Å². The average Bonchev–Trinajstić information content (AvgIpc) is 3.49. The third kappa shape index (κ3) is 5.03. The molecule has 1 atom stereocenters. The molecule has 2 aliphatic carbocycles. The Labute approximate surface area is 160 Å². The van der Waals surface area contributed by atoms with Crippen molar-refractivity contribution in [3.63, 3.8) is 0 Å². The molecule has 2 aromatic rings. The van der Waals surface area contributed by atoms with Crippen LogP contribution < -0.4 is 9.47 Å². The molecule has 0 aromatic heterocycles. The molecule has 2 aliphatic rings. The first-order valence-corrected chi connectivity index (χ1v) is 9.84. The second-order valence-corrected chi connectivity index (χ2v) is 7.82. The number of benzene rings is 2. The summed E-state index contributed by atoms with van der Waals surface area (Å²) in [4.78, 5) is 10.9. The SMILES string of the molecule is O=C(O)CC1CCc2cc(OCc3ccc(OCC4CC4)cc3)ccc2C1. The fourth-order valence-corrected chi connectivity index (χ4v) is 3.66. The van der Waals surface area contributed by atoms with Crippen LogP contribution in [-0.2, 0) is 24.2 Å². The molecule has 0 amide bonds. The zero-order chi connectivity index (χ0) is 18.6. The minimum atomic E-state index is -0.702. The Hall–Kier alpha value is -2.49. The molecule has 0 heterocycles. The van der Waals surface area contributed by atoms with Crippen LogP contribution in [0.3, 0.4) is 0 Å². The van der Waals surface area contributed by atoms with Gasteiger partial charge in [0, 0.05) is 6.42 Å². The molecule has 1 N–H and O–H groups in total. The monoisotopic (exact) mass is 366 g/mol. The van der Waals surface area contributed by atoms with Crippen LogP contribution in [0, 0.1) is 11.8 Å². The Morgan fingerprint density at radius 2 is 1.70 bits per heavy atom. The first-order valence-electron chi connectivity index (χ1n) is 9.84. The molecule has 27 heavy (non-hydrogen) atoms. The minimum absolute atomic E-state index is 0.252. The Morgan fingerprint density at radius 1 is 0.926 bits per heavy atom. The highest BCUT2D eigenvalue weighted by atomic mass is 16.5. The van der Waals surface area contributed by atoms with Crippen molar-refractivity contribution in [2.75, 3.05) is 6.61 Å². The van der Waals surface area contributed by atoms with E-state index in [-0.39, 0.29) is 12.3 Å². The fourth-order valence-electron chi connectivity index (χ4n) is 3.66. The van der Waals surface area contributed by atoms with Crippen LogP contribution in [-0.4, -0.2) is 17.7 Å². The second-order valence-electron chi connectivity index (χ2n) is 7.82. The van der Waals surface area contributed by atoms with E-state index in [9.17, 15) is 4.79 Å². The molecule has 0 radical (unpaired) electrons. The minimum Gasteiger partial charge on any atom is -0.493 e. The summed E-state index contributed by atoms with van der Waals surface area (Å²) in [5.74, 6) is 2.11. The van der Waals surface area contributed by atoms with E-state index in [0.717, 1.165) is 48.8 Å². The van der Waals surface area contributed by atoms with Gasteiger partial charge in [-0.05, 0) is 84.9 Å². The summed E-state index contributed by atoms with van der Waals surface area (Å²) >= 11 is 0. The number of fused-ring (bicyclic) bond motifs is 1. The number of ether oxygens (including phenoxy) is 2. The lowest BCUT2D eigenvalue weighted by molar-refractivity contribution is -0.138. The maximum absolute atomic E-state index is 10.9. The highest BCUT2D eigenvalue weighted by Gasteiger charge is 2.22. The molecular formula is C23H26O4. The normalized spacial score (nSPS) is 18.6. The predicted octanol–water partition coefficient (Wildman–Crippen LogP) is 4.63. The van der Waals surface area contributed by atoms with Gasteiger partial charge in [0.25, 0.3) is 0 Å². The first-order chi connectivity index (χ1) is 13.2. The van der Waals surface area contributed by atoms with E-state index >= 15 is 0 Å². The van der Waals surface area contributed by atoms with Gasteiger partial charge < -0.3 is 14.6 Å². The van der Waals surface area contributed by atoms with Crippen LogP contribution in [0.5, 0.6) is 11.5 Å². The van der Waals surface area contributed by atoms with E-state index in [1.165, 1.54) is 24.0 Å². The van der Waals surface area contributed by atoms with Crippen LogP contribution in [0.25, 0.3) is 0 Å². The number of hydrogen-bond donors (Lipinski definition) is 1. The van der Waals surface area contributed by atoms with Crippen molar-refractivity contribution in [2.45, 2.75) is 45.1 Å². The lowest BCUT2D eigenvalue weighted by atomic mass is 9.82. The third-order valence-electron chi connectivity index (χ3n) is 5.48. The van der Waals surface area contributed by atoms with Crippen molar-refractivity contribution in [3.05, 3.63) is 59.2 Å². The van der Waals surface area contributed by atoms with Crippen LogP contribution in [0.15, 0.2) is 42.5 Å². The van der Waals surface area contributed by atoms with Crippen molar-refractivity contribution in [1.82, 2.24) is 0 Å². The summed E-state index contributed by atoms with van der Waals surface area (Å²) in [5, 5.41) is 8.98. The second kappa shape index (κ2) is 8.03. The van der Waals surface area contributed by atoms with Crippen molar-refractivity contribution < 1.29 is 19.4 Å². The highest BCUT2D eigenvalue weighted by molar-refractivity contribution is 5.67. The predicted molar refractivity (Wildman–Crippen MR) is 103 cm³/mol. The summed E-state index contributed by atoms with van der Waals surface area (Å²) < 4.78 is 11.7. The van der Waals surface area contributed by atoms with E-state index in [2.05, 4.69) is 24.3 Å². The molecule has 4 heteroatoms. The fraction of sp³-hybridized carbons (Fsp3) is 0.435. The quantitative estimate of drug-likeness (QED) is 0.740. The van der Waals surface area contributed by atoms with Gasteiger partial charge in [-0.2, -0.15) is 0 Å². The largest absolute Gasteiger partial charge is 0.493 e. The number of carboxylic acids is 1. The van der Waals surface area contributed by atoms with Gasteiger partial charge in [0.05, 0.1) is 6.61 Å². The number of aryl methyl sites for hydroxylation is 1. The van der Waals surface area contributed by atoms with Crippen molar-refractivity contribution in [3.8, 4) is 11.5 Å². The highest BCUT2D eigenvalue weighted by Crippen LogP contribution is 2.31. The van der Waals surface area contributed by atoms with E-state index in [1.807, 2.05) is 18.2 Å². The van der Waals surface area contributed by atoms with Gasteiger partial charge in [0.2, 0.25) is 0 Å². The Balaban J connectivity index is 1.30. The molecule has 142 valence electrons. The number of carbonyl (C=O) groups is 1. The van der Waals surface area contributed by atoms with E-state index in [4.69, 9.17) is 14.6 Å². The lowest BCUT2D eigenvalue weighted by Gasteiger charge is -2.24. The number of hydrogen-bond acceptors (Lipinski definition) is 3. The zero-order valence-corrected chi connectivity index (χ0v) is 15.5. The van der Waals surface area contributed by atoms with Crippen LogP contribution in [0.2, 0.25) is 0 Å². The third-order valence-corrected chi connectivity index (χ3v) is 5.48. The van der Waals surface area contributed by atoms with Crippen LogP contribution in [0.1, 0.15) is 42.4 Å². The van der Waals surface area contributed by atoms with Gasteiger partial charge in [0.15, 0.2) is 0 Å². The summed E-state index contributed by atoms with van der Waals surface area (Å²) in [6.45, 7) is 1.36. The smallest absolute Gasteiger partial charge is 0.303 e. The molecule has 1 unspecified atom stereocenters. The number of rotatable bonds is 8. The Morgan fingerprint density at radius 3 is 2.44 bits per heavy atom. The van der Waals surface area contributed by atoms with Gasteiger partial charge in [-0.3, -0.25) is 4.79 Å². The molecule has 1 fully saturated rings. The van der Waals surface area contributed by atoms with Crippen molar-refractivity contribution in [1.29, 1.82) is 0 Å². The molecule has 0 spiro atoms. The van der Waals surface area contributed by atoms with Crippen molar-refractivity contribution >= 4 is 5.97 Å². The zero-order valence-electron chi connectivity index (χ0n) is 15.5. The maximum atomic E-state index is 10.9. The number of aliphatic carboxylic acids is 1. The molecule has 2 aromatic carbocycles. The summed E-state index contributed by atoms with van der Waals surface area (Å²) in [5.41, 5.74) is 3.67. The van der Waals surface area contributed by atoms with Crippen molar-refractivity contribution in [2.24, 2.45) is 11.8 Å². The lowest BCUT2D eigenvalue weighted by Crippen LogP contribution is -2.17. The molecular weight excluding hydrogens is 340 g/mol. The summed E-state index contributed by atoms with van der Waals surface area (Å²) in [6, 6.07) is 14.3. The van der Waals surface area contributed by atoms with Gasteiger partial charge in [-0.25, -0.2) is 0 Å². The van der Waals surface area contributed by atoms with Crippen LogP contribution >= 0.6 is 0 Å². The first kappa shape index (κ1) is 17.9. The average molecular weight is 366 g/mol. The molecule has 1 saturated carbocycles. The van der Waals surface area contributed by atoms with E-state index < -0.39 is 5.97 Å². The number of carboxylic acid groups (broad SMARTS) is 1.